The van der Waals surface area contributed by atoms with Gasteiger partial charge in [-0.05, 0) is 36.9 Å². The predicted octanol–water partition coefficient (Wildman–Crippen LogP) is 3.04. The topological polar surface area (TPSA) is 39.7 Å². The van der Waals surface area contributed by atoms with Gasteiger partial charge in [0.1, 0.15) is 12.4 Å². The zero-order valence-electron chi connectivity index (χ0n) is 12.6. The number of nitrogens with one attached hydrogen (secondary N) is 1. The highest BCUT2D eigenvalue weighted by Crippen LogP contribution is 2.27. The maximum atomic E-state index is 5.87. The van der Waals surface area contributed by atoms with Crippen LogP contribution < -0.4 is 19.5 Å². The van der Waals surface area contributed by atoms with E-state index in [0.29, 0.717) is 6.61 Å². The Hall–Kier alpha value is -2.20. The third-order valence-corrected chi connectivity index (χ3v) is 3.34. The van der Waals surface area contributed by atoms with Gasteiger partial charge in [0.2, 0.25) is 0 Å². The van der Waals surface area contributed by atoms with Crippen molar-refractivity contribution in [3.05, 3.63) is 54.1 Å². The number of likely N-dealkylation sites (N-methyl/N-ethyl adjacent to an activating group) is 1. The van der Waals surface area contributed by atoms with E-state index in [1.54, 1.807) is 14.2 Å². The van der Waals surface area contributed by atoms with Crippen molar-refractivity contribution >= 4 is 0 Å². The third-order valence-electron chi connectivity index (χ3n) is 3.34. The van der Waals surface area contributed by atoms with Crippen LogP contribution in [0.2, 0.25) is 0 Å². The van der Waals surface area contributed by atoms with Gasteiger partial charge in [0.25, 0.3) is 0 Å². The van der Waals surface area contributed by atoms with Crippen molar-refractivity contribution in [3.63, 3.8) is 0 Å². The Labute approximate surface area is 125 Å². The van der Waals surface area contributed by atoms with Gasteiger partial charge >= 0.3 is 0 Å². The van der Waals surface area contributed by atoms with Crippen LogP contribution in [-0.2, 0) is 0 Å². The largest absolute Gasteiger partial charge is 0.497 e. The van der Waals surface area contributed by atoms with E-state index in [-0.39, 0.29) is 6.04 Å². The summed E-state index contributed by atoms with van der Waals surface area (Å²) in [5.41, 5.74) is 1.15. The smallest absolute Gasteiger partial charge is 0.161 e. The Balaban J connectivity index is 2.04. The van der Waals surface area contributed by atoms with E-state index in [0.717, 1.165) is 22.8 Å². The molecule has 2 aromatic rings. The number of benzene rings is 2. The molecule has 4 heteroatoms. The first-order valence-corrected chi connectivity index (χ1v) is 6.85. The van der Waals surface area contributed by atoms with Gasteiger partial charge in [0, 0.05) is 0 Å². The normalized spacial score (nSPS) is 11.8. The summed E-state index contributed by atoms with van der Waals surface area (Å²) < 4.78 is 16.3. The molecule has 112 valence electrons. The fourth-order valence-electron chi connectivity index (χ4n) is 2.09. The lowest BCUT2D eigenvalue weighted by molar-refractivity contribution is 0.259. The molecule has 1 unspecified atom stereocenters. The Bertz CT molecular complexity index is 554. The van der Waals surface area contributed by atoms with Crippen molar-refractivity contribution in [1.29, 1.82) is 0 Å². The van der Waals surface area contributed by atoms with Crippen LogP contribution in [0.1, 0.15) is 11.6 Å². The van der Waals surface area contributed by atoms with Crippen LogP contribution in [0.15, 0.2) is 48.5 Å². The summed E-state index contributed by atoms with van der Waals surface area (Å²) in [4.78, 5) is 0. The minimum atomic E-state index is 0.0980. The molecule has 4 nitrogen and oxygen atoms in total. The lowest BCUT2D eigenvalue weighted by Gasteiger charge is -2.18. The Morgan fingerprint density at radius 1 is 0.905 bits per heavy atom. The van der Waals surface area contributed by atoms with Crippen LogP contribution >= 0.6 is 0 Å². The van der Waals surface area contributed by atoms with Gasteiger partial charge in [-0.3, -0.25) is 0 Å². The van der Waals surface area contributed by atoms with Gasteiger partial charge in [-0.1, -0.05) is 24.3 Å². The molecule has 0 spiro atoms. The van der Waals surface area contributed by atoms with Crippen molar-refractivity contribution < 1.29 is 14.2 Å². The second-order valence-corrected chi connectivity index (χ2v) is 4.58. The number of hydrogen-bond acceptors (Lipinski definition) is 4. The van der Waals surface area contributed by atoms with E-state index < -0.39 is 0 Å². The minimum Gasteiger partial charge on any atom is -0.497 e. The molecule has 0 bridgehead atoms. The van der Waals surface area contributed by atoms with Crippen molar-refractivity contribution in [2.24, 2.45) is 0 Å². The van der Waals surface area contributed by atoms with E-state index >= 15 is 0 Å². The number of ether oxygens (including phenoxy) is 3. The number of para-hydroxylation sites is 2. The summed E-state index contributed by atoms with van der Waals surface area (Å²) in [5.74, 6) is 2.33. The fraction of sp³-hybridized carbons (Fsp3) is 0.294. The van der Waals surface area contributed by atoms with Gasteiger partial charge < -0.3 is 19.5 Å². The van der Waals surface area contributed by atoms with Crippen LogP contribution in [0.25, 0.3) is 0 Å². The Morgan fingerprint density at radius 3 is 2.14 bits per heavy atom. The van der Waals surface area contributed by atoms with Gasteiger partial charge in [-0.2, -0.15) is 0 Å². The molecule has 0 aliphatic rings. The van der Waals surface area contributed by atoms with Gasteiger partial charge in [0.05, 0.1) is 20.3 Å². The lowest BCUT2D eigenvalue weighted by atomic mass is 10.1. The monoisotopic (exact) mass is 287 g/mol. The standard InChI is InChI=1S/C17H21NO3/c1-18-15(13-8-10-14(19-2)11-9-13)12-21-17-7-5-4-6-16(17)20-3/h4-11,15,18H,12H2,1-3H3. The first-order valence-electron chi connectivity index (χ1n) is 6.85. The molecule has 2 rings (SSSR count). The summed E-state index contributed by atoms with van der Waals surface area (Å²) in [6.45, 7) is 0.517. The summed E-state index contributed by atoms with van der Waals surface area (Å²) in [6, 6.07) is 15.7. The van der Waals surface area contributed by atoms with Crippen molar-refractivity contribution in [1.82, 2.24) is 5.32 Å². The van der Waals surface area contributed by atoms with Crippen molar-refractivity contribution in [2.45, 2.75) is 6.04 Å². The molecule has 0 heterocycles. The number of methoxy groups -OCH3 is 2. The summed E-state index contributed by atoms with van der Waals surface area (Å²) in [5, 5.41) is 3.26. The highest BCUT2D eigenvalue weighted by Gasteiger charge is 2.11. The van der Waals surface area contributed by atoms with E-state index in [9.17, 15) is 0 Å². The van der Waals surface area contributed by atoms with E-state index in [1.165, 1.54) is 0 Å². The van der Waals surface area contributed by atoms with Crippen molar-refractivity contribution in [3.8, 4) is 17.2 Å². The Kier molecular flexibility index (Phi) is 5.46. The second-order valence-electron chi connectivity index (χ2n) is 4.58. The molecular weight excluding hydrogens is 266 g/mol. The van der Waals surface area contributed by atoms with E-state index in [2.05, 4.69) is 5.32 Å². The molecule has 0 aliphatic carbocycles. The number of rotatable bonds is 7. The molecule has 0 saturated carbocycles. The average Bonchev–Trinajstić information content (AvgIpc) is 2.56. The quantitative estimate of drug-likeness (QED) is 0.849. The molecule has 0 saturated heterocycles. The van der Waals surface area contributed by atoms with E-state index in [1.807, 2.05) is 55.6 Å². The van der Waals surface area contributed by atoms with Gasteiger partial charge in [-0.25, -0.2) is 0 Å². The highest BCUT2D eigenvalue weighted by molar-refractivity contribution is 5.39. The summed E-state index contributed by atoms with van der Waals surface area (Å²) in [6.07, 6.45) is 0. The van der Waals surface area contributed by atoms with Crippen LogP contribution in [-0.4, -0.2) is 27.9 Å². The highest BCUT2D eigenvalue weighted by atomic mass is 16.5. The second kappa shape index (κ2) is 7.55. The minimum absolute atomic E-state index is 0.0980. The maximum absolute atomic E-state index is 5.87. The average molecular weight is 287 g/mol. The maximum Gasteiger partial charge on any atom is 0.161 e. The zero-order chi connectivity index (χ0) is 15.1. The molecule has 0 aromatic heterocycles. The summed E-state index contributed by atoms with van der Waals surface area (Å²) in [7, 11) is 5.22. The summed E-state index contributed by atoms with van der Waals surface area (Å²) >= 11 is 0. The SMILES string of the molecule is CNC(COc1ccccc1OC)c1ccc(OC)cc1. The molecule has 0 amide bonds. The van der Waals surface area contributed by atoms with Crippen LogP contribution in [0.4, 0.5) is 0 Å². The molecule has 0 aliphatic heterocycles. The number of hydrogen-bond donors (Lipinski definition) is 1. The van der Waals surface area contributed by atoms with Crippen molar-refractivity contribution in [2.75, 3.05) is 27.9 Å². The van der Waals surface area contributed by atoms with Crippen LogP contribution in [0.5, 0.6) is 17.2 Å². The molecule has 1 atom stereocenters. The fourth-order valence-corrected chi connectivity index (χ4v) is 2.09. The third kappa shape index (κ3) is 3.89. The van der Waals surface area contributed by atoms with Gasteiger partial charge in [-0.15, -0.1) is 0 Å². The molecular formula is C17H21NO3. The molecule has 0 fully saturated rings. The predicted molar refractivity (Wildman–Crippen MR) is 83.3 cm³/mol. The first-order chi connectivity index (χ1) is 10.3. The van der Waals surface area contributed by atoms with Crippen LogP contribution in [0.3, 0.4) is 0 Å². The zero-order valence-corrected chi connectivity index (χ0v) is 12.6. The molecule has 1 N–H and O–H groups in total. The molecule has 21 heavy (non-hydrogen) atoms. The van der Waals surface area contributed by atoms with Crippen LogP contribution in [0, 0.1) is 0 Å². The molecule has 0 radical (unpaired) electrons. The molecule has 2 aromatic carbocycles. The Morgan fingerprint density at radius 2 is 1.57 bits per heavy atom. The lowest BCUT2D eigenvalue weighted by Crippen LogP contribution is -2.23. The van der Waals surface area contributed by atoms with E-state index in [4.69, 9.17) is 14.2 Å². The van der Waals surface area contributed by atoms with Gasteiger partial charge in [0.15, 0.2) is 11.5 Å². The first kappa shape index (κ1) is 15.2.